The number of anilines is 1. The molecule has 0 saturated carbocycles. The molecule has 1 N–H and O–H groups in total. The summed E-state index contributed by atoms with van der Waals surface area (Å²) in [5.41, 5.74) is 3.06. The lowest BCUT2D eigenvalue weighted by atomic mass is 10.2. The first kappa shape index (κ1) is 20.7. The predicted octanol–water partition coefficient (Wildman–Crippen LogP) is 5.95. The Balaban J connectivity index is 1.54. The van der Waals surface area contributed by atoms with E-state index in [2.05, 4.69) is 21.2 Å². The first-order valence-electron chi connectivity index (χ1n) is 9.16. The van der Waals surface area contributed by atoms with Gasteiger partial charge < -0.3 is 14.8 Å². The normalized spacial score (nSPS) is 10.4. The van der Waals surface area contributed by atoms with Gasteiger partial charge in [0.25, 0.3) is 5.69 Å². The summed E-state index contributed by atoms with van der Waals surface area (Å²) in [6, 6.07) is 20.1. The van der Waals surface area contributed by atoms with Gasteiger partial charge >= 0.3 is 0 Å². The Hall–Kier alpha value is -3.06. The molecule has 3 aromatic rings. The van der Waals surface area contributed by atoms with Crippen LogP contribution in [0.25, 0.3) is 0 Å². The number of rotatable bonds is 9. The number of nitrogens with zero attached hydrogens (tertiary/aromatic N) is 1. The van der Waals surface area contributed by atoms with Gasteiger partial charge in [-0.25, -0.2) is 0 Å². The van der Waals surface area contributed by atoms with Crippen LogP contribution in [-0.2, 0) is 13.2 Å². The number of hydrogen-bond acceptors (Lipinski definition) is 5. The van der Waals surface area contributed by atoms with E-state index >= 15 is 0 Å². The van der Waals surface area contributed by atoms with Crippen LogP contribution in [0.2, 0.25) is 0 Å². The van der Waals surface area contributed by atoms with E-state index < -0.39 is 4.92 Å². The summed E-state index contributed by atoms with van der Waals surface area (Å²) in [5.74, 6) is 1.57. The van der Waals surface area contributed by atoms with Gasteiger partial charge in [0, 0.05) is 24.4 Å². The maximum Gasteiger partial charge on any atom is 0.269 e. The van der Waals surface area contributed by atoms with Crippen LogP contribution in [0.3, 0.4) is 0 Å². The van der Waals surface area contributed by atoms with Gasteiger partial charge in [0.2, 0.25) is 0 Å². The summed E-state index contributed by atoms with van der Waals surface area (Å²) in [5, 5.41) is 14.1. The van der Waals surface area contributed by atoms with Crippen molar-refractivity contribution >= 4 is 27.3 Å². The van der Waals surface area contributed by atoms with Gasteiger partial charge in [0.05, 0.1) is 16.0 Å². The summed E-state index contributed by atoms with van der Waals surface area (Å²) in [7, 11) is 0. The minimum absolute atomic E-state index is 0.0688. The highest BCUT2D eigenvalue weighted by molar-refractivity contribution is 9.10. The van der Waals surface area contributed by atoms with Gasteiger partial charge in [0.15, 0.2) is 0 Å². The van der Waals surface area contributed by atoms with E-state index in [1.165, 1.54) is 12.1 Å². The zero-order valence-electron chi connectivity index (χ0n) is 15.9. The summed E-state index contributed by atoms with van der Waals surface area (Å²) >= 11 is 3.55. The Morgan fingerprint density at radius 2 is 1.66 bits per heavy atom. The van der Waals surface area contributed by atoms with Crippen molar-refractivity contribution < 1.29 is 14.4 Å². The van der Waals surface area contributed by atoms with Gasteiger partial charge in [0.1, 0.15) is 18.1 Å². The molecule has 6 nitrogen and oxygen atoms in total. The SMILES string of the molecule is CCOc1ccc(NCc2ccc(OCc3ccc([N+](=O)[O-])cc3)c(Br)c2)cc1. The van der Waals surface area contributed by atoms with Crippen molar-refractivity contribution in [2.45, 2.75) is 20.1 Å². The molecule has 0 spiro atoms. The molecule has 3 aromatic carbocycles. The number of non-ortho nitro benzene ring substituents is 1. The van der Waals surface area contributed by atoms with Crippen LogP contribution < -0.4 is 14.8 Å². The van der Waals surface area contributed by atoms with Gasteiger partial charge in [-0.05, 0) is 82.5 Å². The summed E-state index contributed by atoms with van der Waals surface area (Å²) < 4.78 is 12.1. The number of nitrogens with one attached hydrogen (secondary N) is 1. The molecule has 3 rings (SSSR count). The molecule has 0 atom stereocenters. The van der Waals surface area contributed by atoms with E-state index in [-0.39, 0.29) is 5.69 Å². The standard InChI is InChI=1S/C22H21BrN2O4/c1-2-28-20-10-6-18(7-11-20)24-14-17-5-12-22(21(23)13-17)29-15-16-3-8-19(9-4-16)25(26)27/h3-13,24H,2,14-15H2,1H3. The van der Waals surface area contributed by atoms with Crippen molar-refractivity contribution in [1.29, 1.82) is 0 Å². The van der Waals surface area contributed by atoms with E-state index in [9.17, 15) is 10.1 Å². The molecule has 0 heterocycles. The van der Waals surface area contributed by atoms with E-state index in [0.717, 1.165) is 27.0 Å². The third-order valence-electron chi connectivity index (χ3n) is 4.20. The van der Waals surface area contributed by atoms with Crippen LogP contribution in [0.4, 0.5) is 11.4 Å². The second-order valence-corrected chi connectivity index (χ2v) is 7.14. The summed E-state index contributed by atoms with van der Waals surface area (Å²) in [6.07, 6.45) is 0. The highest BCUT2D eigenvalue weighted by Crippen LogP contribution is 2.27. The van der Waals surface area contributed by atoms with E-state index in [1.54, 1.807) is 12.1 Å². The molecule has 0 aromatic heterocycles. The zero-order chi connectivity index (χ0) is 20.6. The highest BCUT2D eigenvalue weighted by atomic mass is 79.9. The number of benzene rings is 3. The molecule has 7 heteroatoms. The third kappa shape index (κ3) is 5.96. The van der Waals surface area contributed by atoms with Crippen LogP contribution in [0.15, 0.2) is 71.2 Å². The second kappa shape index (κ2) is 9.93. The predicted molar refractivity (Wildman–Crippen MR) is 117 cm³/mol. The molecule has 0 fully saturated rings. The first-order valence-corrected chi connectivity index (χ1v) is 9.95. The number of hydrogen-bond donors (Lipinski definition) is 1. The molecule has 150 valence electrons. The molecule has 0 aliphatic carbocycles. The molecule has 0 saturated heterocycles. The Morgan fingerprint density at radius 3 is 2.28 bits per heavy atom. The molecule has 0 bridgehead atoms. The summed E-state index contributed by atoms with van der Waals surface area (Å²) in [6.45, 7) is 3.62. The molecular formula is C22H21BrN2O4. The van der Waals surface area contributed by atoms with Crippen molar-refractivity contribution in [2.24, 2.45) is 0 Å². The fourth-order valence-corrected chi connectivity index (χ4v) is 3.23. The van der Waals surface area contributed by atoms with E-state index in [4.69, 9.17) is 9.47 Å². The topological polar surface area (TPSA) is 73.6 Å². The quantitative estimate of drug-likeness (QED) is 0.318. The maximum atomic E-state index is 10.7. The molecule has 0 amide bonds. The second-order valence-electron chi connectivity index (χ2n) is 6.29. The molecular weight excluding hydrogens is 436 g/mol. The largest absolute Gasteiger partial charge is 0.494 e. The maximum absolute atomic E-state index is 10.7. The van der Waals surface area contributed by atoms with Crippen molar-refractivity contribution in [3.05, 3.63) is 92.4 Å². The van der Waals surface area contributed by atoms with E-state index in [1.807, 2.05) is 49.4 Å². The molecule has 29 heavy (non-hydrogen) atoms. The smallest absolute Gasteiger partial charge is 0.269 e. The lowest BCUT2D eigenvalue weighted by Gasteiger charge is -2.11. The van der Waals surface area contributed by atoms with E-state index in [0.29, 0.717) is 25.5 Å². The molecule has 0 unspecified atom stereocenters. The molecule has 0 aliphatic rings. The van der Waals surface area contributed by atoms with Crippen molar-refractivity contribution in [2.75, 3.05) is 11.9 Å². The minimum atomic E-state index is -0.415. The van der Waals surface area contributed by atoms with Crippen molar-refractivity contribution in [3.8, 4) is 11.5 Å². The molecule has 0 radical (unpaired) electrons. The average Bonchev–Trinajstić information content (AvgIpc) is 2.73. The average molecular weight is 457 g/mol. The van der Waals surface area contributed by atoms with Crippen LogP contribution in [0.1, 0.15) is 18.1 Å². The Kier molecular flexibility index (Phi) is 7.08. The number of ether oxygens (including phenoxy) is 2. The Morgan fingerprint density at radius 1 is 0.966 bits per heavy atom. The first-order chi connectivity index (χ1) is 14.0. The highest BCUT2D eigenvalue weighted by Gasteiger charge is 2.07. The lowest BCUT2D eigenvalue weighted by Crippen LogP contribution is -2.01. The minimum Gasteiger partial charge on any atom is -0.494 e. The number of nitro groups is 1. The number of nitro benzene ring substituents is 1. The Labute approximate surface area is 177 Å². The van der Waals surface area contributed by atoms with Gasteiger partial charge in [-0.3, -0.25) is 10.1 Å². The number of halogens is 1. The van der Waals surface area contributed by atoms with Crippen LogP contribution in [-0.4, -0.2) is 11.5 Å². The van der Waals surface area contributed by atoms with Crippen LogP contribution in [0.5, 0.6) is 11.5 Å². The lowest BCUT2D eigenvalue weighted by molar-refractivity contribution is -0.384. The van der Waals surface area contributed by atoms with Gasteiger partial charge in [-0.1, -0.05) is 6.07 Å². The Bertz CT molecular complexity index is 960. The fraction of sp³-hybridized carbons (Fsp3) is 0.182. The van der Waals surface area contributed by atoms with Crippen LogP contribution >= 0.6 is 15.9 Å². The fourth-order valence-electron chi connectivity index (χ4n) is 2.69. The zero-order valence-corrected chi connectivity index (χ0v) is 17.5. The van der Waals surface area contributed by atoms with Gasteiger partial charge in [-0.15, -0.1) is 0 Å². The van der Waals surface area contributed by atoms with Gasteiger partial charge in [-0.2, -0.15) is 0 Å². The van der Waals surface area contributed by atoms with Crippen LogP contribution in [0, 0.1) is 10.1 Å². The monoisotopic (exact) mass is 456 g/mol. The summed E-state index contributed by atoms with van der Waals surface area (Å²) in [4.78, 5) is 10.3. The third-order valence-corrected chi connectivity index (χ3v) is 4.82. The molecule has 0 aliphatic heterocycles. The van der Waals surface area contributed by atoms with Crippen molar-refractivity contribution in [1.82, 2.24) is 0 Å². The van der Waals surface area contributed by atoms with Crippen molar-refractivity contribution in [3.63, 3.8) is 0 Å².